The average Bonchev–Trinajstić information content (AvgIpc) is 2.96. The van der Waals surface area contributed by atoms with Crippen molar-refractivity contribution in [3.05, 3.63) is 29.6 Å². The van der Waals surface area contributed by atoms with E-state index in [1.807, 2.05) is 43.5 Å². The van der Waals surface area contributed by atoms with E-state index in [2.05, 4.69) is 15.6 Å². The highest BCUT2D eigenvalue weighted by Gasteiger charge is 2.07. The van der Waals surface area contributed by atoms with E-state index in [0.717, 1.165) is 28.6 Å². The zero-order valence-electron chi connectivity index (χ0n) is 13.8. The predicted octanol–water partition coefficient (Wildman–Crippen LogP) is 3.85. The fourth-order valence-corrected chi connectivity index (χ4v) is 2.80. The van der Waals surface area contributed by atoms with E-state index in [-0.39, 0.29) is 5.91 Å². The molecule has 0 aliphatic heterocycles. The monoisotopic (exact) mass is 333 g/mol. The van der Waals surface area contributed by atoms with E-state index in [1.165, 1.54) is 0 Å². The van der Waals surface area contributed by atoms with Gasteiger partial charge in [-0.25, -0.2) is 4.98 Å². The Labute approximate surface area is 141 Å². The van der Waals surface area contributed by atoms with Crippen LogP contribution in [0.1, 0.15) is 20.3 Å². The first-order valence-electron chi connectivity index (χ1n) is 7.67. The molecule has 2 aromatic rings. The van der Waals surface area contributed by atoms with Crippen LogP contribution < -0.4 is 10.6 Å². The molecule has 0 bridgehead atoms. The number of benzene rings is 1. The molecule has 0 aliphatic rings. The molecular formula is C17H23N3O2S. The number of amides is 1. The van der Waals surface area contributed by atoms with Gasteiger partial charge in [0.2, 0.25) is 5.91 Å². The van der Waals surface area contributed by atoms with Crippen LogP contribution in [0, 0.1) is 5.92 Å². The lowest BCUT2D eigenvalue weighted by molar-refractivity contribution is -0.116. The van der Waals surface area contributed by atoms with Gasteiger partial charge in [-0.3, -0.25) is 4.79 Å². The number of aromatic nitrogens is 1. The third kappa shape index (κ3) is 5.65. The van der Waals surface area contributed by atoms with Crippen molar-refractivity contribution in [1.29, 1.82) is 0 Å². The Kier molecular flexibility index (Phi) is 6.55. The molecule has 1 aromatic heterocycles. The fraction of sp³-hybridized carbons (Fsp3) is 0.412. The van der Waals surface area contributed by atoms with Gasteiger partial charge in [0.1, 0.15) is 0 Å². The van der Waals surface area contributed by atoms with Crippen molar-refractivity contribution in [3.8, 4) is 11.3 Å². The summed E-state index contributed by atoms with van der Waals surface area (Å²) in [6, 6.07) is 7.76. The van der Waals surface area contributed by atoms with Crippen molar-refractivity contribution in [3.63, 3.8) is 0 Å². The van der Waals surface area contributed by atoms with Gasteiger partial charge in [0.15, 0.2) is 5.13 Å². The van der Waals surface area contributed by atoms with Crippen LogP contribution in [0.4, 0.5) is 10.8 Å². The van der Waals surface area contributed by atoms with Crippen molar-refractivity contribution in [2.75, 3.05) is 30.9 Å². The van der Waals surface area contributed by atoms with Gasteiger partial charge in [-0.1, -0.05) is 26.0 Å². The summed E-state index contributed by atoms with van der Waals surface area (Å²) in [5.41, 5.74) is 2.77. The average molecular weight is 333 g/mol. The van der Waals surface area contributed by atoms with Gasteiger partial charge in [-0.05, 0) is 18.1 Å². The van der Waals surface area contributed by atoms with Crippen molar-refractivity contribution < 1.29 is 9.53 Å². The molecule has 2 rings (SSSR count). The molecule has 124 valence electrons. The van der Waals surface area contributed by atoms with Crippen LogP contribution in [0.3, 0.4) is 0 Å². The topological polar surface area (TPSA) is 63.2 Å². The maximum Gasteiger partial charge on any atom is 0.224 e. The quantitative estimate of drug-likeness (QED) is 0.720. The van der Waals surface area contributed by atoms with Crippen LogP contribution in [-0.4, -0.2) is 31.2 Å². The van der Waals surface area contributed by atoms with E-state index in [0.29, 0.717) is 18.9 Å². The second-order valence-corrected chi connectivity index (χ2v) is 6.54. The number of ether oxygens (including phenoxy) is 1. The van der Waals surface area contributed by atoms with Crippen LogP contribution in [0.25, 0.3) is 11.3 Å². The first kappa shape index (κ1) is 17.4. The minimum atomic E-state index is 0.0473. The Morgan fingerprint density at radius 2 is 2.04 bits per heavy atom. The second kappa shape index (κ2) is 8.64. The van der Waals surface area contributed by atoms with Crippen molar-refractivity contribution in [1.82, 2.24) is 4.98 Å². The largest absolute Gasteiger partial charge is 0.383 e. The van der Waals surface area contributed by atoms with Gasteiger partial charge < -0.3 is 15.4 Å². The van der Waals surface area contributed by atoms with Gasteiger partial charge in [-0.15, -0.1) is 11.3 Å². The number of methoxy groups -OCH3 is 1. The lowest BCUT2D eigenvalue weighted by Crippen LogP contribution is -2.13. The molecule has 0 saturated carbocycles. The third-order valence-corrected chi connectivity index (χ3v) is 3.94. The number of nitrogens with zero attached hydrogens (tertiary/aromatic N) is 1. The second-order valence-electron chi connectivity index (χ2n) is 5.68. The van der Waals surface area contributed by atoms with Crippen molar-refractivity contribution >= 4 is 28.1 Å². The van der Waals surface area contributed by atoms with Crippen LogP contribution in [0.5, 0.6) is 0 Å². The summed E-state index contributed by atoms with van der Waals surface area (Å²) in [5, 5.41) is 9.02. The summed E-state index contributed by atoms with van der Waals surface area (Å²) in [6.45, 7) is 5.45. The number of carbonyl (C=O) groups is 1. The molecule has 2 N–H and O–H groups in total. The van der Waals surface area contributed by atoms with Gasteiger partial charge >= 0.3 is 0 Å². The maximum atomic E-state index is 11.8. The number of nitrogens with one attached hydrogen (secondary N) is 2. The number of hydrogen-bond acceptors (Lipinski definition) is 5. The molecule has 0 atom stereocenters. The highest BCUT2D eigenvalue weighted by molar-refractivity contribution is 7.14. The Balaban J connectivity index is 1.95. The Morgan fingerprint density at radius 1 is 1.30 bits per heavy atom. The smallest absolute Gasteiger partial charge is 0.224 e. The molecule has 1 heterocycles. The van der Waals surface area contributed by atoms with Crippen LogP contribution in [0.2, 0.25) is 0 Å². The molecule has 1 amide bonds. The number of rotatable bonds is 8. The molecule has 5 nitrogen and oxygen atoms in total. The van der Waals surface area contributed by atoms with E-state index in [1.54, 1.807) is 18.4 Å². The lowest BCUT2D eigenvalue weighted by Gasteiger charge is -2.07. The zero-order valence-corrected chi connectivity index (χ0v) is 14.6. The summed E-state index contributed by atoms with van der Waals surface area (Å²) in [7, 11) is 1.68. The first-order chi connectivity index (χ1) is 11.1. The summed E-state index contributed by atoms with van der Waals surface area (Å²) < 4.78 is 5.00. The molecular weight excluding hydrogens is 310 g/mol. The Hall–Kier alpha value is -1.92. The minimum absolute atomic E-state index is 0.0473. The highest BCUT2D eigenvalue weighted by atomic mass is 32.1. The van der Waals surface area contributed by atoms with Crippen molar-refractivity contribution in [2.45, 2.75) is 20.3 Å². The van der Waals surface area contributed by atoms with E-state index < -0.39 is 0 Å². The number of carbonyl (C=O) groups excluding carboxylic acids is 1. The highest BCUT2D eigenvalue weighted by Crippen LogP contribution is 2.26. The van der Waals surface area contributed by atoms with Crippen LogP contribution in [-0.2, 0) is 9.53 Å². The van der Waals surface area contributed by atoms with Crippen molar-refractivity contribution in [2.24, 2.45) is 5.92 Å². The van der Waals surface area contributed by atoms with Crippen LogP contribution >= 0.6 is 11.3 Å². The summed E-state index contributed by atoms with van der Waals surface area (Å²) >= 11 is 1.57. The van der Waals surface area contributed by atoms with Gasteiger partial charge in [0, 0.05) is 36.7 Å². The summed E-state index contributed by atoms with van der Waals surface area (Å²) in [4.78, 5) is 16.3. The molecule has 0 fully saturated rings. The Bertz CT molecular complexity index is 623. The molecule has 0 aliphatic carbocycles. The standard InChI is InChI=1S/C17H23N3O2S/c1-12(2)10-16(21)19-14-6-4-13(5-7-14)15-11-23-17(20-15)18-8-9-22-3/h4-7,11-12H,8-10H2,1-3H3,(H,18,20)(H,19,21). The normalized spacial score (nSPS) is 10.8. The maximum absolute atomic E-state index is 11.8. The van der Waals surface area contributed by atoms with Gasteiger partial charge in [-0.2, -0.15) is 0 Å². The molecule has 1 aromatic carbocycles. The minimum Gasteiger partial charge on any atom is -0.383 e. The molecule has 0 spiro atoms. The number of hydrogen-bond donors (Lipinski definition) is 2. The molecule has 0 saturated heterocycles. The molecule has 6 heteroatoms. The molecule has 23 heavy (non-hydrogen) atoms. The molecule has 0 unspecified atom stereocenters. The van der Waals surface area contributed by atoms with E-state index in [9.17, 15) is 4.79 Å². The molecule has 0 radical (unpaired) electrons. The SMILES string of the molecule is COCCNc1nc(-c2ccc(NC(=O)CC(C)C)cc2)cs1. The van der Waals surface area contributed by atoms with Gasteiger partial charge in [0.05, 0.1) is 12.3 Å². The fourth-order valence-electron chi connectivity index (χ4n) is 2.05. The lowest BCUT2D eigenvalue weighted by atomic mass is 10.1. The number of thiazole rings is 1. The third-order valence-electron chi connectivity index (χ3n) is 3.14. The van der Waals surface area contributed by atoms with Gasteiger partial charge in [0.25, 0.3) is 0 Å². The Morgan fingerprint density at radius 3 is 2.70 bits per heavy atom. The predicted molar refractivity (Wildman–Crippen MR) is 96.0 cm³/mol. The first-order valence-corrected chi connectivity index (χ1v) is 8.55. The number of anilines is 2. The van der Waals surface area contributed by atoms with Crippen LogP contribution in [0.15, 0.2) is 29.6 Å². The van der Waals surface area contributed by atoms with E-state index >= 15 is 0 Å². The summed E-state index contributed by atoms with van der Waals surface area (Å²) in [6.07, 6.45) is 0.532. The zero-order chi connectivity index (χ0) is 16.7. The summed E-state index contributed by atoms with van der Waals surface area (Å²) in [5.74, 6) is 0.402. The van der Waals surface area contributed by atoms with E-state index in [4.69, 9.17) is 4.74 Å².